The van der Waals surface area contributed by atoms with Crippen molar-refractivity contribution in [2.45, 2.75) is 6.92 Å². The average molecular weight is 504 g/mol. The maximum atomic E-state index is 5.70. The lowest BCUT2D eigenvalue weighted by Gasteiger charge is -2.33. The van der Waals surface area contributed by atoms with E-state index in [9.17, 15) is 0 Å². The molecule has 4 aromatic rings. The van der Waals surface area contributed by atoms with Gasteiger partial charge in [0.1, 0.15) is 5.82 Å². The summed E-state index contributed by atoms with van der Waals surface area (Å²) in [6.07, 6.45) is 5.34. The quantitative estimate of drug-likeness (QED) is 0.446. The van der Waals surface area contributed by atoms with Crippen LogP contribution in [0.1, 0.15) is 5.56 Å². The van der Waals surface area contributed by atoms with Crippen molar-refractivity contribution in [2.75, 3.05) is 75.1 Å². The first-order valence-corrected chi connectivity index (χ1v) is 13.0. The Balaban J connectivity index is 1.41. The van der Waals surface area contributed by atoms with Crippen molar-refractivity contribution in [3.8, 4) is 21.8 Å². The molecule has 0 unspecified atom stereocenters. The van der Waals surface area contributed by atoms with E-state index in [2.05, 4.69) is 50.8 Å². The highest BCUT2D eigenvalue weighted by Gasteiger charge is 2.23. The Kier molecular flexibility index (Phi) is 6.12. The van der Waals surface area contributed by atoms with Crippen LogP contribution in [-0.2, 0) is 4.74 Å². The standard InChI is InChI=1S/C25H29N9OS/c1-16-20-22(36-21(16)17-3-4-19(27-13-17)33-7-5-32(2)6-8-33)24(34-9-11-35-12-10-34)31-23(30-20)18-14-28-25(26)29-15-18/h3-4,13-15H,5-12H2,1-2H3,(H2,26,28,29). The number of nitrogens with zero attached hydrogens (tertiary/aromatic N) is 8. The average Bonchev–Trinajstić information content (AvgIpc) is 3.26. The van der Waals surface area contributed by atoms with Gasteiger partial charge in [-0.3, -0.25) is 0 Å². The lowest BCUT2D eigenvalue weighted by molar-refractivity contribution is 0.122. The lowest BCUT2D eigenvalue weighted by Crippen LogP contribution is -2.44. The maximum Gasteiger partial charge on any atom is 0.219 e. The molecule has 2 fully saturated rings. The highest BCUT2D eigenvalue weighted by atomic mass is 32.1. The summed E-state index contributed by atoms with van der Waals surface area (Å²) in [4.78, 5) is 31.2. The van der Waals surface area contributed by atoms with E-state index in [1.807, 2.05) is 6.20 Å². The molecular weight excluding hydrogens is 474 g/mol. The smallest absolute Gasteiger partial charge is 0.219 e. The molecule has 36 heavy (non-hydrogen) atoms. The third-order valence-corrected chi connectivity index (χ3v) is 8.15. The summed E-state index contributed by atoms with van der Waals surface area (Å²) in [5.41, 5.74) is 9.61. The van der Waals surface area contributed by atoms with E-state index >= 15 is 0 Å². The third-order valence-electron chi connectivity index (χ3n) is 6.83. The topological polar surface area (TPSA) is 109 Å². The van der Waals surface area contributed by atoms with Gasteiger partial charge in [0, 0.05) is 68.3 Å². The zero-order chi connectivity index (χ0) is 24.6. The molecule has 0 amide bonds. The molecule has 2 aliphatic rings. The Morgan fingerprint density at radius 3 is 2.28 bits per heavy atom. The number of piperazine rings is 1. The van der Waals surface area contributed by atoms with Crippen molar-refractivity contribution in [3.63, 3.8) is 0 Å². The predicted molar refractivity (Wildman–Crippen MR) is 144 cm³/mol. The summed E-state index contributed by atoms with van der Waals surface area (Å²) in [7, 11) is 2.16. The summed E-state index contributed by atoms with van der Waals surface area (Å²) in [5, 5.41) is 0. The monoisotopic (exact) mass is 503 g/mol. The first-order valence-electron chi connectivity index (χ1n) is 12.2. The molecule has 0 spiro atoms. The van der Waals surface area contributed by atoms with Crippen LogP contribution in [0.5, 0.6) is 0 Å². The number of fused-ring (bicyclic) bond motifs is 1. The number of hydrogen-bond donors (Lipinski definition) is 1. The largest absolute Gasteiger partial charge is 0.378 e. The minimum absolute atomic E-state index is 0.231. The van der Waals surface area contributed by atoms with Gasteiger partial charge in [-0.1, -0.05) is 0 Å². The van der Waals surface area contributed by atoms with E-state index in [0.29, 0.717) is 19.0 Å². The van der Waals surface area contributed by atoms with Crippen LogP contribution in [0.4, 0.5) is 17.6 Å². The summed E-state index contributed by atoms with van der Waals surface area (Å²) >= 11 is 1.73. The number of nitrogens with two attached hydrogens (primary N) is 1. The van der Waals surface area contributed by atoms with Gasteiger partial charge in [-0.25, -0.2) is 24.9 Å². The van der Waals surface area contributed by atoms with Gasteiger partial charge in [-0.2, -0.15) is 0 Å². The van der Waals surface area contributed by atoms with Gasteiger partial charge in [0.15, 0.2) is 11.6 Å². The Bertz CT molecular complexity index is 1360. The number of pyridine rings is 1. The van der Waals surface area contributed by atoms with Crippen molar-refractivity contribution in [1.82, 2.24) is 29.8 Å². The zero-order valence-corrected chi connectivity index (χ0v) is 21.3. The zero-order valence-electron chi connectivity index (χ0n) is 20.5. The molecule has 0 atom stereocenters. The molecule has 2 N–H and O–H groups in total. The lowest BCUT2D eigenvalue weighted by atomic mass is 10.1. The summed E-state index contributed by atoms with van der Waals surface area (Å²) in [5.74, 6) is 2.79. The van der Waals surface area contributed by atoms with Gasteiger partial charge in [0.25, 0.3) is 0 Å². The fourth-order valence-electron chi connectivity index (χ4n) is 4.66. The van der Waals surface area contributed by atoms with Crippen LogP contribution in [-0.4, -0.2) is 89.3 Å². The Morgan fingerprint density at radius 2 is 1.58 bits per heavy atom. The van der Waals surface area contributed by atoms with E-state index in [1.54, 1.807) is 23.7 Å². The fraction of sp³-hybridized carbons (Fsp3) is 0.400. The number of ether oxygens (including phenoxy) is 1. The molecule has 2 saturated heterocycles. The molecule has 0 radical (unpaired) electrons. The minimum Gasteiger partial charge on any atom is -0.378 e. The van der Waals surface area contributed by atoms with Gasteiger partial charge in [0.05, 0.1) is 29.0 Å². The van der Waals surface area contributed by atoms with Gasteiger partial charge >= 0.3 is 0 Å². The second kappa shape index (κ2) is 9.57. The van der Waals surface area contributed by atoms with Crippen molar-refractivity contribution in [2.24, 2.45) is 0 Å². The number of morpholine rings is 1. The predicted octanol–water partition coefficient (Wildman–Crippen LogP) is 2.69. The fourth-order valence-corrected chi connectivity index (χ4v) is 5.92. The van der Waals surface area contributed by atoms with Crippen LogP contribution in [0, 0.1) is 6.92 Å². The molecule has 11 heteroatoms. The summed E-state index contributed by atoms with van der Waals surface area (Å²) < 4.78 is 6.67. The maximum absolute atomic E-state index is 5.70. The van der Waals surface area contributed by atoms with Gasteiger partial charge < -0.3 is 25.2 Å². The minimum atomic E-state index is 0.231. The first kappa shape index (κ1) is 23.0. The Morgan fingerprint density at radius 1 is 0.861 bits per heavy atom. The highest BCUT2D eigenvalue weighted by molar-refractivity contribution is 7.23. The Hall–Kier alpha value is -3.41. The molecule has 2 aliphatic heterocycles. The second-order valence-corrected chi connectivity index (χ2v) is 10.3. The van der Waals surface area contributed by atoms with Crippen molar-refractivity contribution < 1.29 is 4.74 Å². The molecule has 6 heterocycles. The highest BCUT2D eigenvalue weighted by Crippen LogP contribution is 2.42. The molecule has 4 aromatic heterocycles. The SMILES string of the molecule is Cc1c(-c2ccc(N3CCN(C)CC3)nc2)sc2c(N3CCOCC3)nc(-c3cnc(N)nc3)nc12. The van der Waals surface area contributed by atoms with Gasteiger partial charge in [-0.15, -0.1) is 11.3 Å². The molecule has 0 aliphatic carbocycles. The van der Waals surface area contributed by atoms with E-state index < -0.39 is 0 Å². The molecule has 0 saturated carbocycles. The van der Waals surface area contributed by atoms with Crippen molar-refractivity contribution >= 4 is 39.1 Å². The van der Waals surface area contributed by atoms with Crippen molar-refractivity contribution in [1.29, 1.82) is 0 Å². The van der Waals surface area contributed by atoms with Crippen LogP contribution < -0.4 is 15.5 Å². The first-order chi connectivity index (χ1) is 17.6. The van der Waals surface area contributed by atoms with Gasteiger partial charge in [0.2, 0.25) is 5.95 Å². The van der Waals surface area contributed by atoms with Crippen LogP contribution in [0.15, 0.2) is 30.7 Å². The number of nitrogen functional groups attached to an aromatic ring is 1. The van der Waals surface area contributed by atoms with Crippen LogP contribution in [0.25, 0.3) is 32.0 Å². The third kappa shape index (κ3) is 4.34. The normalized spacial score (nSPS) is 17.2. The number of thiophene rings is 1. The molecular formula is C25H29N9OS. The number of likely N-dealkylation sites (N-methyl/N-ethyl adjacent to an activating group) is 1. The van der Waals surface area contributed by atoms with E-state index in [0.717, 1.165) is 82.7 Å². The van der Waals surface area contributed by atoms with Crippen LogP contribution in [0.3, 0.4) is 0 Å². The molecule has 6 rings (SSSR count). The van der Waals surface area contributed by atoms with Crippen LogP contribution >= 0.6 is 11.3 Å². The number of rotatable bonds is 4. The van der Waals surface area contributed by atoms with Gasteiger partial charge in [-0.05, 0) is 31.7 Å². The number of aryl methyl sites for hydroxylation is 1. The van der Waals surface area contributed by atoms with E-state index in [-0.39, 0.29) is 5.95 Å². The molecule has 10 nitrogen and oxygen atoms in total. The van der Waals surface area contributed by atoms with E-state index in [4.69, 9.17) is 25.4 Å². The molecule has 0 bridgehead atoms. The molecule has 186 valence electrons. The summed E-state index contributed by atoms with van der Waals surface area (Å²) in [6.45, 7) is 9.19. The Labute approximate surface area is 213 Å². The van der Waals surface area contributed by atoms with Crippen molar-refractivity contribution in [3.05, 3.63) is 36.3 Å². The van der Waals surface area contributed by atoms with E-state index in [1.165, 1.54) is 0 Å². The number of anilines is 3. The number of aromatic nitrogens is 5. The summed E-state index contributed by atoms with van der Waals surface area (Å²) in [6, 6.07) is 4.31. The molecule has 0 aromatic carbocycles. The number of hydrogen-bond acceptors (Lipinski definition) is 11. The van der Waals surface area contributed by atoms with Crippen LogP contribution in [0.2, 0.25) is 0 Å². The second-order valence-electron chi connectivity index (χ2n) is 9.23.